The predicted octanol–water partition coefficient (Wildman–Crippen LogP) is 3.44. The Morgan fingerprint density at radius 3 is 2.54 bits per heavy atom. The third kappa shape index (κ3) is 4.79. The Hall–Kier alpha value is -3.54. The molecule has 3 aromatic rings. The minimum absolute atomic E-state index is 0.109. The summed E-state index contributed by atoms with van der Waals surface area (Å²) < 4.78 is 0. The molecule has 2 N–H and O–H groups in total. The first-order chi connectivity index (χ1) is 13.4. The molecule has 0 fully saturated rings. The molecule has 0 aliphatic carbocycles. The van der Waals surface area contributed by atoms with E-state index in [0.717, 1.165) is 22.4 Å². The zero-order valence-electron chi connectivity index (χ0n) is 16.1. The first-order valence-corrected chi connectivity index (χ1v) is 8.98. The average Bonchev–Trinajstić information content (AvgIpc) is 2.68. The van der Waals surface area contributed by atoms with E-state index < -0.39 is 0 Å². The van der Waals surface area contributed by atoms with E-state index in [4.69, 9.17) is 0 Å². The Morgan fingerprint density at radius 2 is 1.79 bits per heavy atom. The third-order valence-corrected chi connectivity index (χ3v) is 4.40. The number of amides is 2. The summed E-state index contributed by atoms with van der Waals surface area (Å²) in [5.41, 5.74) is 4.99. The summed E-state index contributed by atoms with van der Waals surface area (Å²) in [4.78, 5) is 32.9. The summed E-state index contributed by atoms with van der Waals surface area (Å²) in [5.74, 6) is 0.109. The van der Waals surface area contributed by atoms with Gasteiger partial charge < -0.3 is 10.6 Å². The number of aromatic nitrogens is 2. The Morgan fingerprint density at radius 1 is 0.964 bits per heavy atom. The Bertz CT molecular complexity index is 1030. The van der Waals surface area contributed by atoms with Gasteiger partial charge in [-0.15, -0.1) is 0 Å². The van der Waals surface area contributed by atoms with Crippen LogP contribution in [-0.2, 0) is 4.79 Å². The van der Waals surface area contributed by atoms with Gasteiger partial charge in [0, 0.05) is 23.0 Å². The van der Waals surface area contributed by atoms with Crippen LogP contribution < -0.4 is 10.6 Å². The van der Waals surface area contributed by atoms with E-state index in [1.54, 1.807) is 18.3 Å². The molecule has 6 heteroatoms. The molecular formula is C22H22N4O2. The van der Waals surface area contributed by atoms with Gasteiger partial charge >= 0.3 is 0 Å². The Labute approximate surface area is 164 Å². The fourth-order valence-electron chi connectivity index (χ4n) is 2.72. The molecule has 2 aromatic carbocycles. The number of rotatable bonds is 5. The normalized spacial score (nSPS) is 10.4. The van der Waals surface area contributed by atoms with Gasteiger partial charge in [-0.1, -0.05) is 18.2 Å². The van der Waals surface area contributed by atoms with Crippen molar-refractivity contribution >= 4 is 17.5 Å². The number of carbonyl (C=O) groups is 2. The minimum atomic E-state index is -0.298. The molecule has 1 heterocycles. The molecule has 0 spiro atoms. The number of nitrogens with zero attached hydrogens (tertiary/aromatic N) is 2. The van der Waals surface area contributed by atoms with Crippen LogP contribution in [0.4, 0.5) is 5.69 Å². The highest BCUT2D eigenvalue weighted by Gasteiger charge is 2.10. The summed E-state index contributed by atoms with van der Waals surface area (Å²) in [6.07, 6.45) is 1.70. The third-order valence-electron chi connectivity index (χ3n) is 4.40. The lowest BCUT2D eigenvalue weighted by atomic mass is 10.1. The molecule has 142 valence electrons. The molecule has 28 heavy (non-hydrogen) atoms. The fraction of sp³-hybridized carbons (Fsp3) is 0.182. The molecule has 6 nitrogen and oxygen atoms in total. The van der Waals surface area contributed by atoms with Crippen LogP contribution in [0.1, 0.15) is 27.3 Å². The van der Waals surface area contributed by atoms with Gasteiger partial charge in [-0.2, -0.15) is 0 Å². The molecule has 0 aliphatic rings. The van der Waals surface area contributed by atoms with Gasteiger partial charge in [0.05, 0.1) is 12.2 Å². The molecule has 0 saturated carbocycles. The van der Waals surface area contributed by atoms with Gasteiger partial charge in [0.1, 0.15) is 5.82 Å². The molecule has 2 amide bonds. The van der Waals surface area contributed by atoms with Crippen molar-refractivity contribution in [2.24, 2.45) is 0 Å². The van der Waals surface area contributed by atoms with Crippen LogP contribution in [-0.4, -0.2) is 28.3 Å². The van der Waals surface area contributed by atoms with Gasteiger partial charge in [-0.05, 0) is 62.2 Å². The Balaban J connectivity index is 1.61. The lowest BCUT2D eigenvalue weighted by Gasteiger charge is -2.09. The second-order valence-electron chi connectivity index (χ2n) is 6.60. The number of nitrogens with one attached hydrogen (secondary N) is 2. The average molecular weight is 374 g/mol. The number of aryl methyl sites for hydroxylation is 3. The standard InChI is InChI=1S/C22H22N4O2/c1-14-7-8-18(11-15(14)2)22(28)24-13-21(27)26-19-6-4-5-17(12-19)20-9-10-23-16(3)25-20/h4-12H,13H2,1-3H3,(H,24,28)(H,26,27). The van der Waals surface area contributed by atoms with Crippen molar-refractivity contribution in [1.82, 2.24) is 15.3 Å². The number of anilines is 1. The first kappa shape index (κ1) is 19.2. The summed E-state index contributed by atoms with van der Waals surface area (Å²) in [7, 11) is 0. The monoisotopic (exact) mass is 374 g/mol. The van der Waals surface area contributed by atoms with Crippen molar-refractivity contribution in [1.29, 1.82) is 0 Å². The quantitative estimate of drug-likeness (QED) is 0.717. The van der Waals surface area contributed by atoms with E-state index >= 15 is 0 Å². The smallest absolute Gasteiger partial charge is 0.251 e. The van der Waals surface area contributed by atoms with E-state index in [2.05, 4.69) is 20.6 Å². The number of hydrogen-bond acceptors (Lipinski definition) is 4. The van der Waals surface area contributed by atoms with E-state index in [1.165, 1.54) is 0 Å². The maximum absolute atomic E-state index is 12.2. The number of hydrogen-bond donors (Lipinski definition) is 2. The van der Waals surface area contributed by atoms with Crippen molar-refractivity contribution in [2.45, 2.75) is 20.8 Å². The number of carbonyl (C=O) groups excluding carboxylic acids is 2. The number of benzene rings is 2. The first-order valence-electron chi connectivity index (χ1n) is 8.98. The molecule has 0 radical (unpaired) electrons. The molecule has 0 saturated heterocycles. The van der Waals surface area contributed by atoms with Crippen molar-refractivity contribution in [3.8, 4) is 11.3 Å². The van der Waals surface area contributed by atoms with Crippen molar-refractivity contribution in [3.05, 3.63) is 77.2 Å². The SMILES string of the molecule is Cc1nccc(-c2cccc(NC(=O)CNC(=O)c3ccc(C)c(C)c3)c2)n1. The van der Waals surface area contributed by atoms with Gasteiger partial charge in [-0.25, -0.2) is 9.97 Å². The van der Waals surface area contributed by atoms with E-state index in [0.29, 0.717) is 17.1 Å². The molecule has 0 atom stereocenters. The van der Waals surface area contributed by atoms with Crippen LogP contribution in [0.3, 0.4) is 0 Å². The van der Waals surface area contributed by atoms with Crippen LogP contribution in [0.25, 0.3) is 11.3 Å². The highest BCUT2D eigenvalue weighted by atomic mass is 16.2. The van der Waals surface area contributed by atoms with Gasteiger partial charge in [0.2, 0.25) is 5.91 Å². The van der Waals surface area contributed by atoms with Crippen molar-refractivity contribution in [3.63, 3.8) is 0 Å². The molecule has 0 unspecified atom stereocenters. The molecule has 0 bridgehead atoms. The fourth-order valence-corrected chi connectivity index (χ4v) is 2.72. The predicted molar refractivity (Wildman–Crippen MR) is 109 cm³/mol. The maximum Gasteiger partial charge on any atom is 0.251 e. The van der Waals surface area contributed by atoms with E-state index in [1.807, 2.05) is 57.2 Å². The lowest BCUT2D eigenvalue weighted by molar-refractivity contribution is -0.115. The molecule has 0 aliphatic heterocycles. The summed E-state index contributed by atoms with van der Waals surface area (Å²) in [6, 6.07) is 14.7. The van der Waals surface area contributed by atoms with Crippen molar-refractivity contribution in [2.75, 3.05) is 11.9 Å². The molecule has 3 rings (SSSR count). The summed E-state index contributed by atoms with van der Waals surface area (Å²) in [6.45, 7) is 5.66. The largest absolute Gasteiger partial charge is 0.343 e. The zero-order valence-corrected chi connectivity index (χ0v) is 16.1. The highest BCUT2D eigenvalue weighted by Crippen LogP contribution is 2.20. The maximum atomic E-state index is 12.2. The van der Waals surface area contributed by atoms with Crippen LogP contribution in [0, 0.1) is 20.8 Å². The lowest BCUT2D eigenvalue weighted by Crippen LogP contribution is -2.32. The van der Waals surface area contributed by atoms with Gasteiger partial charge in [-0.3, -0.25) is 9.59 Å². The topological polar surface area (TPSA) is 84.0 Å². The highest BCUT2D eigenvalue weighted by molar-refractivity contribution is 5.99. The summed E-state index contributed by atoms with van der Waals surface area (Å²) in [5, 5.41) is 5.44. The van der Waals surface area contributed by atoms with Crippen LogP contribution in [0.15, 0.2) is 54.7 Å². The second-order valence-corrected chi connectivity index (χ2v) is 6.60. The van der Waals surface area contributed by atoms with Crippen LogP contribution in [0.2, 0.25) is 0 Å². The molecular weight excluding hydrogens is 352 g/mol. The van der Waals surface area contributed by atoms with Gasteiger partial charge in [0.15, 0.2) is 0 Å². The van der Waals surface area contributed by atoms with E-state index in [9.17, 15) is 9.59 Å². The summed E-state index contributed by atoms with van der Waals surface area (Å²) >= 11 is 0. The van der Waals surface area contributed by atoms with Crippen LogP contribution >= 0.6 is 0 Å². The van der Waals surface area contributed by atoms with Gasteiger partial charge in [0.25, 0.3) is 5.91 Å². The zero-order chi connectivity index (χ0) is 20.1. The molecule has 1 aromatic heterocycles. The van der Waals surface area contributed by atoms with Crippen LogP contribution in [0.5, 0.6) is 0 Å². The second kappa shape index (κ2) is 8.43. The minimum Gasteiger partial charge on any atom is -0.343 e. The Kier molecular flexibility index (Phi) is 5.79. The van der Waals surface area contributed by atoms with E-state index in [-0.39, 0.29) is 18.4 Å². The van der Waals surface area contributed by atoms with Crippen molar-refractivity contribution < 1.29 is 9.59 Å².